The van der Waals surface area contributed by atoms with Crippen LogP contribution in [0.2, 0.25) is 0 Å². The second kappa shape index (κ2) is 3.73. The lowest BCUT2D eigenvalue weighted by Crippen LogP contribution is -2.47. The van der Waals surface area contributed by atoms with Crippen molar-refractivity contribution in [1.29, 1.82) is 0 Å². The van der Waals surface area contributed by atoms with Crippen molar-refractivity contribution < 1.29 is 9.53 Å². The number of methoxy groups -OCH3 is 1. The highest BCUT2D eigenvalue weighted by Gasteiger charge is 2.42. The van der Waals surface area contributed by atoms with Crippen LogP contribution in [0.15, 0.2) is 12.2 Å². The predicted octanol–water partition coefficient (Wildman–Crippen LogP) is 1.09. The third-order valence-corrected chi connectivity index (χ3v) is 3.58. The van der Waals surface area contributed by atoms with Crippen molar-refractivity contribution in [3.8, 4) is 0 Å². The van der Waals surface area contributed by atoms with Crippen molar-refractivity contribution in [2.24, 2.45) is 23.5 Å². The van der Waals surface area contributed by atoms with Crippen LogP contribution in [0.5, 0.6) is 0 Å². The molecule has 0 amide bonds. The molecule has 1 saturated carbocycles. The van der Waals surface area contributed by atoms with Gasteiger partial charge in [-0.3, -0.25) is 4.79 Å². The molecule has 3 aliphatic rings. The molecular formula is C11H17NO2. The highest BCUT2D eigenvalue weighted by Crippen LogP contribution is 2.39. The smallest absolute Gasteiger partial charge is 0.310 e. The van der Waals surface area contributed by atoms with Crippen molar-refractivity contribution in [3.05, 3.63) is 12.2 Å². The Morgan fingerprint density at radius 3 is 3.00 bits per heavy atom. The molecule has 0 saturated heterocycles. The highest BCUT2D eigenvalue weighted by atomic mass is 16.5. The molecule has 0 heterocycles. The van der Waals surface area contributed by atoms with Gasteiger partial charge in [-0.05, 0) is 31.1 Å². The molecule has 3 nitrogen and oxygen atoms in total. The Hall–Kier alpha value is -0.830. The maximum absolute atomic E-state index is 11.6. The zero-order valence-corrected chi connectivity index (χ0v) is 8.48. The fraction of sp³-hybridized carbons (Fsp3) is 0.727. The summed E-state index contributed by atoms with van der Waals surface area (Å²) in [5, 5.41) is 0. The first kappa shape index (κ1) is 9.71. The van der Waals surface area contributed by atoms with Crippen LogP contribution >= 0.6 is 0 Å². The molecule has 3 heteroatoms. The molecule has 14 heavy (non-hydrogen) atoms. The molecule has 4 unspecified atom stereocenters. The van der Waals surface area contributed by atoms with Crippen LogP contribution in [0.4, 0.5) is 0 Å². The van der Waals surface area contributed by atoms with Crippen LogP contribution in [0.1, 0.15) is 19.3 Å². The lowest BCUT2D eigenvalue weighted by atomic mass is 9.72. The Balaban J connectivity index is 2.21. The number of esters is 1. The van der Waals surface area contributed by atoms with Crippen molar-refractivity contribution in [2.75, 3.05) is 7.11 Å². The number of hydrogen-bond acceptors (Lipinski definition) is 3. The first-order valence-corrected chi connectivity index (χ1v) is 5.24. The minimum absolute atomic E-state index is 0.0417. The predicted molar refractivity (Wildman–Crippen MR) is 53.5 cm³/mol. The fourth-order valence-electron chi connectivity index (χ4n) is 2.76. The SMILES string of the molecule is COC(=O)C1C2CC=CC(CC2)C1N. The van der Waals surface area contributed by atoms with Gasteiger partial charge in [0.1, 0.15) is 0 Å². The molecule has 3 aliphatic carbocycles. The van der Waals surface area contributed by atoms with Crippen LogP contribution in [0.3, 0.4) is 0 Å². The van der Waals surface area contributed by atoms with E-state index in [1.807, 2.05) is 0 Å². The summed E-state index contributed by atoms with van der Waals surface area (Å²) >= 11 is 0. The van der Waals surface area contributed by atoms with Gasteiger partial charge in [-0.25, -0.2) is 0 Å². The second-order valence-corrected chi connectivity index (χ2v) is 4.29. The van der Waals surface area contributed by atoms with Gasteiger partial charge in [0.05, 0.1) is 13.0 Å². The summed E-state index contributed by atoms with van der Waals surface area (Å²) in [4.78, 5) is 11.6. The van der Waals surface area contributed by atoms with Crippen molar-refractivity contribution >= 4 is 5.97 Å². The summed E-state index contributed by atoms with van der Waals surface area (Å²) in [6.45, 7) is 0. The molecule has 0 aromatic carbocycles. The summed E-state index contributed by atoms with van der Waals surface area (Å²) in [6.07, 6.45) is 7.55. The average Bonchev–Trinajstić information content (AvgIpc) is 2.50. The van der Waals surface area contributed by atoms with E-state index in [0.717, 1.165) is 19.3 Å². The number of ether oxygens (including phenoxy) is 1. The van der Waals surface area contributed by atoms with E-state index in [9.17, 15) is 4.79 Å². The van der Waals surface area contributed by atoms with E-state index >= 15 is 0 Å². The Labute approximate surface area is 84.3 Å². The third kappa shape index (κ3) is 1.46. The number of carbonyl (C=O) groups excluding carboxylic acids is 1. The molecule has 78 valence electrons. The molecule has 4 atom stereocenters. The average molecular weight is 195 g/mol. The standard InChI is InChI=1S/C11H17NO2/c1-14-11(13)9-7-3-2-4-8(6-5-7)10(9)12/h2,4,7-10H,3,5-6,12H2,1H3. The second-order valence-electron chi connectivity index (χ2n) is 4.29. The van der Waals surface area contributed by atoms with Crippen molar-refractivity contribution in [3.63, 3.8) is 0 Å². The monoisotopic (exact) mass is 195 g/mol. The van der Waals surface area contributed by atoms with Crippen LogP contribution in [0.25, 0.3) is 0 Å². The van der Waals surface area contributed by atoms with Gasteiger partial charge in [0.15, 0.2) is 0 Å². The number of allylic oxidation sites excluding steroid dienone is 1. The number of fused-ring (bicyclic) bond motifs is 3. The lowest BCUT2D eigenvalue weighted by molar-refractivity contribution is -0.149. The first-order chi connectivity index (χ1) is 6.74. The Kier molecular flexibility index (Phi) is 2.59. The first-order valence-electron chi connectivity index (χ1n) is 5.24. The van der Waals surface area contributed by atoms with E-state index in [2.05, 4.69) is 12.2 Å². The highest BCUT2D eigenvalue weighted by molar-refractivity contribution is 5.74. The Morgan fingerprint density at radius 1 is 1.50 bits per heavy atom. The molecule has 2 bridgehead atoms. The van der Waals surface area contributed by atoms with Crippen LogP contribution in [-0.2, 0) is 9.53 Å². The summed E-state index contributed by atoms with van der Waals surface area (Å²) < 4.78 is 4.82. The van der Waals surface area contributed by atoms with E-state index < -0.39 is 0 Å². The van der Waals surface area contributed by atoms with Gasteiger partial charge in [0, 0.05) is 6.04 Å². The van der Waals surface area contributed by atoms with Crippen LogP contribution in [-0.4, -0.2) is 19.1 Å². The largest absolute Gasteiger partial charge is 0.469 e. The number of nitrogens with two attached hydrogens (primary N) is 1. The van der Waals surface area contributed by atoms with Crippen LogP contribution in [0, 0.1) is 17.8 Å². The lowest BCUT2D eigenvalue weighted by Gasteiger charge is -2.36. The topological polar surface area (TPSA) is 52.3 Å². The van der Waals surface area contributed by atoms with Crippen LogP contribution < -0.4 is 5.73 Å². The molecule has 3 rings (SSSR count). The summed E-state index contributed by atoms with van der Waals surface area (Å²) in [5.41, 5.74) is 6.09. The number of hydrogen-bond donors (Lipinski definition) is 1. The molecule has 0 aromatic heterocycles. The van der Waals surface area contributed by atoms with Gasteiger partial charge in [-0.1, -0.05) is 12.2 Å². The van der Waals surface area contributed by atoms with Crippen molar-refractivity contribution in [2.45, 2.75) is 25.3 Å². The summed E-state index contributed by atoms with van der Waals surface area (Å²) in [5.74, 6) is 0.551. The molecule has 1 fully saturated rings. The van der Waals surface area contributed by atoms with E-state index in [1.54, 1.807) is 0 Å². The van der Waals surface area contributed by atoms with E-state index in [1.165, 1.54) is 7.11 Å². The molecule has 2 N–H and O–H groups in total. The molecule has 0 aliphatic heterocycles. The van der Waals surface area contributed by atoms with Crippen molar-refractivity contribution in [1.82, 2.24) is 0 Å². The van der Waals surface area contributed by atoms with Gasteiger partial charge >= 0.3 is 5.97 Å². The minimum Gasteiger partial charge on any atom is -0.469 e. The Morgan fingerprint density at radius 2 is 2.29 bits per heavy atom. The maximum Gasteiger partial charge on any atom is 0.310 e. The quantitative estimate of drug-likeness (QED) is 0.503. The molecule has 0 spiro atoms. The molecule has 0 radical (unpaired) electrons. The maximum atomic E-state index is 11.6. The summed E-state index contributed by atoms with van der Waals surface area (Å²) in [6, 6.07) is -0.0417. The zero-order chi connectivity index (χ0) is 10.1. The van der Waals surface area contributed by atoms with E-state index in [4.69, 9.17) is 10.5 Å². The number of carbonyl (C=O) groups is 1. The fourth-order valence-corrected chi connectivity index (χ4v) is 2.76. The van der Waals surface area contributed by atoms with E-state index in [0.29, 0.717) is 11.8 Å². The zero-order valence-electron chi connectivity index (χ0n) is 8.48. The third-order valence-electron chi connectivity index (χ3n) is 3.58. The molecular weight excluding hydrogens is 178 g/mol. The normalized spacial score (nSPS) is 40.7. The van der Waals surface area contributed by atoms with E-state index in [-0.39, 0.29) is 17.9 Å². The minimum atomic E-state index is -0.129. The van der Waals surface area contributed by atoms with Gasteiger partial charge in [-0.15, -0.1) is 0 Å². The van der Waals surface area contributed by atoms with Gasteiger partial charge in [0.2, 0.25) is 0 Å². The van der Waals surface area contributed by atoms with Gasteiger partial charge < -0.3 is 10.5 Å². The van der Waals surface area contributed by atoms with Gasteiger partial charge in [-0.2, -0.15) is 0 Å². The number of rotatable bonds is 1. The van der Waals surface area contributed by atoms with Gasteiger partial charge in [0.25, 0.3) is 0 Å². The summed E-state index contributed by atoms with van der Waals surface area (Å²) in [7, 11) is 1.45. The molecule has 0 aromatic rings. The Bertz CT molecular complexity index is 260.